The van der Waals surface area contributed by atoms with E-state index < -0.39 is 11.9 Å². The van der Waals surface area contributed by atoms with Gasteiger partial charge in [0.15, 0.2) is 0 Å². The van der Waals surface area contributed by atoms with Gasteiger partial charge in [-0.15, -0.1) is 11.3 Å². The molecule has 2 heterocycles. The number of ether oxygens (including phenoxy) is 2. The van der Waals surface area contributed by atoms with Crippen LogP contribution in [0.3, 0.4) is 0 Å². The summed E-state index contributed by atoms with van der Waals surface area (Å²) in [6.07, 6.45) is 1.41. The molecule has 0 fully saturated rings. The van der Waals surface area contributed by atoms with Crippen LogP contribution < -0.4 is 5.56 Å². The Labute approximate surface area is 195 Å². The van der Waals surface area contributed by atoms with Gasteiger partial charge < -0.3 is 9.47 Å². The summed E-state index contributed by atoms with van der Waals surface area (Å²) < 4.78 is 11.7. The van der Waals surface area contributed by atoms with Gasteiger partial charge in [0.1, 0.15) is 15.4 Å². The quantitative estimate of drug-likeness (QED) is 0.403. The minimum Gasteiger partial charge on any atom is -0.462 e. The Kier molecular flexibility index (Phi) is 7.33. The van der Waals surface area contributed by atoms with E-state index >= 15 is 0 Å². The number of nitrogens with zero attached hydrogens (tertiary/aromatic N) is 2. The molecule has 0 saturated heterocycles. The molecule has 0 aliphatic rings. The Balaban J connectivity index is 2.07. The largest absolute Gasteiger partial charge is 0.462 e. The second-order valence-corrected chi connectivity index (χ2v) is 8.52. The van der Waals surface area contributed by atoms with Crippen LogP contribution in [-0.2, 0) is 9.47 Å². The molecule has 9 heteroatoms. The molecular formula is C24H27N3O5S. The molecule has 1 N–H and O–H groups in total. The Morgan fingerprint density at radius 2 is 1.76 bits per heavy atom. The van der Waals surface area contributed by atoms with Gasteiger partial charge in [0.2, 0.25) is 0 Å². The number of hydrogen-bond donors (Lipinski definition) is 1. The summed E-state index contributed by atoms with van der Waals surface area (Å²) in [4.78, 5) is 42.7. The van der Waals surface area contributed by atoms with E-state index in [1.165, 1.54) is 10.9 Å². The Morgan fingerprint density at radius 3 is 2.39 bits per heavy atom. The fourth-order valence-electron chi connectivity index (χ4n) is 3.48. The van der Waals surface area contributed by atoms with Gasteiger partial charge in [0.05, 0.1) is 24.5 Å². The molecule has 0 saturated carbocycles. The number of esters is 2. The van der Waals surface area contributed by atoms with Gasteiger partial charge in [0, 0.05) is 11.9 Å². The van der Waals surface area contributed by atoms with Crippen molar-refractivity contribution in [3.8, 4) is 5.69 Å². The van der Waals surface area contributed by atoms with E-state index in [-0.39, 0.29) is 34.2 Å². The predicted molar refractivity (Wildman–Crippen MR) is 129 cm³/mol. The molecule has 0 unspecified atom stereocenters. The summed E-state index contributed by atoms with van der Waals surface area (Å²) in [7, 11) is 0. The highest BCUT2D eigenvalue weighted by atomic mass is 32.1. The van der Waals surface area contributed by atoms with Crippen LogP contribution in [-0.4, -0.2) is 41.1 Å². The molecule has 0 amide bonds. The molecule has 8 nitrogen and oxygen atoms in total. The van der Waals surface area contributed by atoms with E-state index in [0.717, 1.165) is 28.2 Å². The number of aryl methyl sites for hydroxylation is 3. The Hall–Kier alpha value is -3.46. The van der Waals surface area contributed by atoms with E-state index in [1.807, 2.05) is 32.0 Å². The molecule has 1 aromatic carbocycles. The van der Waals surface area contributed by atoms with Gasteiger partial charge in [-0.25, -0.2) is 19.3 Å². The van der Waals surface area contributed by atoms with Gasteiger partial charge in [0.25, 0.3) is 5.56 Å². The first-order chi connectivity index (χ1) is 15.7. The number of aromatic nitrogens is 2. The monoisotopic (exact) mass is 469 g/mol. The summed E-state index contributed by atoms with van der Waals surface area (Å²) in [5, 5.41) is 3.37. The second kappa shape index (κ2) is 9.99. The average Bonchev–Trinajstić information content (AvgIpc) is 3.23. The van der Waals surface area contributed by atoms with Crippen LogP contribution in [0.25, 0.3) is 5.69 Å². The first-order valence-corrected chi connectivity index (χ1v) is 11.4. The minimum absolute atomic E-state index is 0.184. The van der Waals surface area contributed by atoms with E-state index in [9.17, 15) is 14.4 Å². The molecule has 3 rings (SSSR count). The lowest BCUT2D eigenvalue weighted by atomic mass is 10.1. The summed E-state index contributed by atoms with van der Waals surface area (Å²) in [6, 6.07) is 5.83. The summed E-state index contributed by atoms with van der Waals surface area (Å²) in [5.41, 5.74) is 4.17. The molecule has 0 bridgehead atoms. The lowest BCUT2D eigenvalue weighted by Crippen LogP contribution is -2.18. The van der Waals surface area contributed by atoms with Crippen molar-refractivity contribution < 1.29 is 19.1 Å². The molecule has 0 aliphatic heterocycles. The zero-order chi connectivity index (χ0) is 24.3. The molecule has 2 aromatic heterocycles. The maximum absolute atomic E-state index is 13.1. The van der Waals surface area contributed by atoms with Crippen molar-refractivity contribution in [1.29, 1.82) is 0 Å². The molecule has 3 aromatic rings. The fourth-order valence-corrected chi connectivity index (χ4v) is 4.52. The first kappa shape index (κ1) is 24.2. The predicted octanol–water partition coefficient (Wildman–Crippen LogP) is 4.56. The third kappa shape index (κ3) is 4.83. The van der Waals surface area contributed by atoms with Crippen molar-refractivity contribution >= 4 is 34.5 Å². The van der Waals surface area contributed by atoms with Crippen molar-refractivity contribution in [3.05, 3.63) is 66.9 Å². The molecular weight excluding hydrogens is 442 g/mol. The molecule has 0 spiro atoms. The minimum atomic E-state index is -0.576. The number of benzene rings is 1. The van der Waals surface area contributed by atoms with Crippen LogP contribution in [0.1, 0.15) is 61.8 Å². The van der Waals surface area contributed by atoms with Crippen LogP contribution in [0.5, 0.6) is 0 Å². The Morgan fingerprint density at radius 1 is 1.09 bits per heavy atom. The second-order valence-electron chi connectivity index (χ2n) is 7.52. The van der Waals surface area contributed by atoms with Gasteiger partial charge in [-0.05, 0) is 58.7 Å². The molecule has 0 aliphatic carbocycles. The van der Waals surface area contributed by atoms with Crippen LogP contribution in [0.4, 0.5) is 5.00 Å². The summed E-state index contributed by atoms with van der Waals surface area (Å²) >= 11 is 1.03. The SMILES string of the molecule is CCOC(=O)c1sc(/N=C/c2c(C)[nH]n(-c3ccc(C)cc3C)c2=O)c(C(=O)OCC)c1C. The third-order valence-corrected chi connectivity index (χ3v) is 6.27. The standard InChI is InChI=1S/C24H27N3O5S/c1-7-31-23(29)19-15(5)20(24(30)32-8-2)33-21(19)25-12-17-16(6)26-27(22(17)28)18-10-9-13(3)11-14(18)4/h9-12,26H,7-8H2,1-6H3/b25-12+. The average molecular weight is 470 g/mol. The van der Waals surface area contributed by atoms with Crippen molar-refractivity contribution in [1.82, 2.24) is 9.78 Å². The van der Waals surface area contributed by atoms with Gasteiger partial charge in [-0.3, -0.25) is 9.89 Å². The van der Waals surface area contributed by atoms with E-state index in [0.29, 0.717) is 16.8 Å². The number of H-pyrrole nitrogens is 1. The van der Waals surface area contributed by atoms with Crippen LogP contribution in [0, 0.1) is 27.7 Å². The molecule has 0 radical (unpaired) electrons. The van der Waals surface area contributed by atoms with Crippen LogP contribution in [0.2, 0.25) is 0 Å². The van der Waals surface area contributed by atoms with Gasteiger partial charge >= 0.3 is 11.9 Å². The first-order valence-electron chi connectivity index (χ1n) is 10.6. The van der Waals surface area contributed by atoms with Crippen LogP contribution in [0.15, 0.2) is 28.0 Å². The number of aliphatic imine (C=N–C) groups is 1. The number of aromatic amines is 1. The fraction of sp³-hybridized carbons (Fsp3) is 0.333. The van der Waals surface area contributed by atoms with E-state index in [2.05, 4.69) is 10.1 Å². The summed E-state index contributed by atoms with van der Waals surface area (Å²) in [6.45, 7) is 11.2. The molecule has 0 atom stereocenters. The molecule has 174 valence electrons. The van der Waals surface area contributed by atoms with Crippen molar-refractivity contribution in [2.24, 2.45) is 4.99 Å². The lowest BCUT2D eigenvalue weighted by Gasteiger charge is -2.06. The number of thiophene rings is 1. The number of carbonyl (C=O) groups excluding carboxylic acids is 2. The number of hydrogen-bond acceptors (Lipinski definition) is 7. The van der Waals surface area contributed by atoms with Gasteiger partial charge in [-0.1, -0.05) is 17.7 Å². The maximum Gasteiger partial charge on any atom is 0.348 e. The zero-order valence-corrected chi connectivity index (χ0v) is 20.4. The lowest BCUT2D eigenvalue weighted by molar-refractivity contribution is 0.0527. The molecule has 33 heavy (non-hydrogen) atoms. The number of carbonyl (C=O) groups is 2. The highest BCUT2D eigenvalue weighted by molar-refractivity contribution is 7.18. The van der Waals surface area contributed by atoms with Crippen molar-refractivity contribution in [2.45, 2.75) is 41.5 Å². The highest BCUT2D eigenvalue weighted by Crippen LogP contribution is 2.36. The van der Waals surface area contributed by atoms with Crippen LogP contribution >= 0.6 is 11.3 Å². The third-order valence-electron chi connectivity index (χ3n) is 5.09. The maximum atomic E-state index is 13.1. The van der Waals surface area contributed by atoms with Crippen molar-refractivity contribution in [3.63, 3.8) is 0 Å². The highest BCUT2D eigenvalue weighted by Gasteiger charge is 2.26. The number of nitrogens with one attached hydrogen (secondary N) is 1. The van der Waals surface area contributed by atoms with Gasteiger partial charge in [-0.2, -0.15) is 0 Å². The normalized spacial score (nSPS) is 11.2. The zero-order valence-electron chi connectivity index (χ0n) is 19.6. The smallest absolute Gasteiger partial charge is 0.348 e. The Bertz CT molecular complexity index is 1300. The topological polar surface area (TPSA) is 103 Å². The summed E-state index contributed by atoms with van der Waals surface area (Å²) in [5.74, 6) is -1.10. The number of rotatable bonds is 7. The van der Waals surface area contributed by atoms with Crippen molar-refractivity contribution in [2.75, 3.05) is 13.2 Å². The van der Waals surface area contributed by atoms with E-state index in [1.54, 1.807) is 27.7 Å². The van der Waals surface area contributed by atoms with E-state index in [4.69, 9.17) is 9.47 Å².